The lowest BCUT2D eigenvalue weighted by molar-refractivity contribution is -0.118. The molecule has 0 spiro atoms. The number of unbranched alkanes of at least 4 members (excludes halogenated alkanes) is 3. The molecule has 1 amide bonds. The summed E-state index contributed by atoms with van der Waals surface area (Å²) in [5.41, 5.74) is 5.22. The van der Waals surface area contributed by atoms with E-state index in [0.717, 1.165) is 19.4 Å². The third-order valence-corrected chi connectivity index (χ3v) is 2.54. The quantitative estimate of drug-likeness (QED) is 0.548. The maximum atomic E-state index is 10.8. The molecule has 1 atom stereocenters. The van der Waals surface area contributed by atoms with Gasteiger partial charge in [0.15, 0.2) is 0 Å². The minimum absolute atomic E-state index is 0.195. The van der Waals surface area contributed by atoms with Gasteiger partial charge in [-0.2, -0.15) is 0 Å². The lowest BCUT2D eigenvalue weighted by atomic mass is 10.0. The second-order valence-corrected chi connectivity index (χ2v) is 4.17. The summed E-state index contributed by atoms with van der Waals surface area (Å²) in [6.45, 7) is 5.31. The van der Waals surface area contributed by atoms with E-state index in [4.69, 9.17) is 5.73 Å². The fourth-order valence-corrected chi connectivity index (χ4v) is 1.69. The highest BCUT2D eigenvalue weighted by Gasteiger charge is 2.09. The van der Waals surface area contributed by atoms with E-state index in [9.17, 15) is 4.79 Å². The first kappa shape index (κ1) is 14.4. The summed E-state index contributed by atoms with van der Waals surface area (Å²) in [7, 11) is 0. The first-order chi connectivity index (χ1) is 7.20. The molecule has 15 heavy (non-hydrogen) atoms. The Kier molecular flexibility index (Phi) is 9.59. The Morgan fingerprint density at radius 3 is 2.47 bits per heavy atom. The van der Waals surface area contributed by atoms with Crippen molar-refractivity contribution in [1.29, 1.82) is 0 Å². The number of amides is 1. The van der Waals surface area contributed by atoms with Crippen LogP contribution in [0.4, 0.5) is 0 Å². The summed E-state index contributed by atoms with van der Waals surface area (Å²) in [4.78, 5) is 10.8. The van der Waals surface area contributed by atoms with Crippen molar-refractivity contribution < 1.29 is 4.79 Å². The summed E-state index contributed by atoms with van der Waals surface area (Å²) < 4.78 is 0. The summed E-state index contributed by atoms with van der Waals surface area (Å²) >= 11 is 0. The van der Waals surface area contributed by atoms with E-state index in [2.05, 4.69) is 19.2 Å². The van der Waals surface area contributed by atoms with Crippen LogP contribution >= 0.6 is 0 Å². The minimum atomic E-state index is -0.195. The van der Waals surface area contributed by atoms with Crippen molar-refractivity contribution in [2.45, 2.75) is 64.8 Å². The molecule has 3 N–H and O–H groups in total. The zero-order chi connectivity index (χ0) is 11.5. The highest BCUT2D eigenvalue weighted by atomic mass is 16.1. The normalized spacial score (nSPS) is 12.7. The zero-order valence-corrected chi connectivity index (χ0v) is 10.2. The van der Waals surface area contributed by atoms with Crippen LogP contribution in [0.2, 0.25) is 0 Å². The second-order valence-electron chi connectivity index (χ2n) is 4.17. The first-order valence-electron chi connectivity index (χ1n) is 6.22. The van der Waals surface area contributed by atoms with E-state index in [-0.39, 0.29) is 5.91 Å². The molecule has 0 saturated carbocycles. The number of primary amides is 1. The molecule has 0 unspecified atom stereocenters. The smallest absolute Gasteiger partial charge is 0.218 e. The molecule has 90 valence electrons. The van der Waals surface area contributed by atoms with Gasteiger partial charge in [-0.3, -0.25) is 4.79 Å². The third-order valence-electron chi connectivity index (χ3n) is 2.54. The van der Waals surface area contributed by atoms with Crippen LogP contribution in [0.1, 0.15) is 58.8 Å². The molecule has 0 aliphatic carbocycles. The Balaban J connectivity index is 3.64. The predicted octanol–water partition coefficient (Wildman–Crippen LogP) is 2.20. The average Bonchev–Trinajstić information content (AvgIpc) is 2.19. The molecule has 3 nitrogen and oxygen atoms in total. The Morgan fingerprint density at radius 2 is 1.93 bits per heavy atom. The highest BCUT2D eigenvalue weighted by Crippen LogP contribution is 2.07. The van der Waals surface area contributed by atoms with Gasteiger partial charge in [-0.1, -0.05) is 39.5 Å². The molecular weight excluding hydrogens is 188 g/mol. The molecule has 0 heterocycles. The van der Waals surface area contributed by atoms with Crippen LogP contribution in [0.25, 0.3) is 0 Å². The van der Waals surface area contributed by atoms with Gasteiger partial charge < -0.3 is 11.1 Å². The van der Waals surface area contributed by atoms with E-state index in [1.54, 1.807) is 0 Å². The van der Waals surface area contributed by atoms with Crippen LogP contribution in [0.15, 0.2) is 0 Å². The molecular formula is C12H26N2O. The van der Waals surface area contributed by atoms with Gasteiger partial charge >= 0.3 is 0 Å². The Morgan fingerprint density at radius 1 is 1.20 bits per heavy atom. The molecule has 0 aromatic rings. The molecule has 0 radical (unpaired) electrons. The van der Waals surface area contributed by atoms with Gasteiger partial charge in [-0.05, 0) is 19.4 Å². The SMILES string of the molecule is CCCCCC[C@@H](CC(N)=O)NCCC. The number of carbonyl (C=O) groups excluding carboxylic acids is 1. The minimum Gasteiger partial charge on any atom is -0.370 e. The van der Waals surface area contributed by atoms with Gasteiger partial charge in [0.1, 0.15) is 0 Å². The van der Waals surface area contributed by atoms with E-state index in [0.29, 0.717) is 12.5 Å². The summed E-state index contributed by atoms with van der Waals surface area (Å²) in [5.74, 6) is -0.195. The number of nitrogens with one attached hydrogen (secondary N) is 1. The molecule has 0 bridgehead atoms. The van der Waals surface area contributed by atoms with Crippen LogP contribution in [0.3, 0.4) is 0 Å². The van der Waals surface area contributed by atoms with Crippen LogP contribution in [0.5, 0.6) is 0 Å². The van der Waals surface area contributed by atoms with E-state index >= 15 is 0 Å². The standard InChI is InChI=1S/C12H26N2O/c1-3-5-6-7-8-11(10-12(13)15)14-9-4-2/h11,14H,3-10H2,1-2H3,(H2,13,15)/t11-/m0/s1. The highest BCUT2D eigenvalue weighted by molar-refractivity contribution is 5.74. The molecule has 0 aromatic carbocycles. The molecule has 0 fully saturated rings. The lowest BCUT2D eigenvalue weighted by Crippen LogP contribution is -2.34. The van der Waals surface area contributed by atoms with Gasteiger partial charge in [0.25, 0.3) is 0 Å². The van der Waals surface area contributed by atoms with Gasteiger partial charge in [0.2, 0.25) is 5.91 Å². The fourth-order valence-electron chi connectivity index (χ4n) is 1.69. The Hall–Kier alpha value is -0.570. The summed E-state index contributed by atoms with van der Waals surface area (Å²) in [5, 5.41) is 3.38. The van der Waals surface area contributed by atoms with E-state index in [1.165, 1.54) is 25.7 Å². The van der Waals surface area contributed by atoms with Crippen molar-refractivity contribution in [3.63, 3.8) is 0 Å². The number of rotatable bonds is 10. The zero-order valence-electron chi connectivity index (χ0n) is 10.2. The topological polar surface area (TPSA) is 55.1 Å². The summed E-state index contributed by atoms with van der Waals surface area (Å²) in [6, 6.07) is 0.291. The van der Waals surface area contributed by atoms with Gasteiger partial charge in [-0.15, -0.1) is 0 Å². The maximum absolute atomic E-state index is 10.8. The van der Waals surface area contributed by atoms with Crippen molar-refractivity contribution in [3.05, 3.63) is 0 Å². The average molecular weight is 214 g/mol. The largest absolute Gasteiger partial charge is 0.370 e. The lowest BCUT2D eigenvalue weighted by Gasteiger charge is -2.16. The predicted molar refractivity (Wildman–Crippen MR) is 64.7 cm³/mol. The first-order valence-corrected chi connectivity index (χ1v) is 6.22. The monoisotopic (exact) mass is 214 g/mol. The molecule has 0 rings (SSSR count). The van der Waals surface area contributed by atoms with Crippen molar-refractivity contribution in [3.8, 4) is 0 Å². The number of carbonyl (C=O) groups is 1. The van der Waals surface area contributed by atoms with Crippen molar-refractivity contribution in [1.82, 2.24) is 5.32 Å². The Labute approximate surface area is 93.8 Å². The molecule has 0 aromatic heterocycles. The van der Waals surface area contributed by atoms with Crippen LogP contribution < -0.4 is 11.1 Å². The molecule has 0 aliphatic heterocycles. The van der Waals surface area contributed by atoms with Crippen LogP contribution in [-0.4, -0.2) is 18.5 Å². The molecule has 0 aliphatic rings. The van der Waals surface area contributed by atoms with Crippen molar-refractivity contribution in [2.75, 3.05) is 6.54 Å². The van der Waals surface area contributed by atoms with E-state index < -0.39 is 0 Å². The maximum Gasteiger partial charge on any atom is 0.218 e. The Bertz CT molecular complexity index is 160. The van der Waals surface area contributed by atoms with Crippen molar-refractivity contribution in [2.24, 2.45) is 5.73 Å². The van der Waals surface area contributed by atoms with Crippen LogP contribution in [0, 0.1) is 0 Å². The molecule has 0 saturated heterocycles. The van der Waals surface area contributed by atoms with Crippen molar-refractivity contribution >= 4 is 5.91 Å². The number of hydrogen-bond acceptors (Lipinski definition) is 2. The van der Waals surface area contributed by atoms with E-state index in [1.807, 2.05) is 0 Å². The number of hydrogen-bond donors (Lipinski definition) is 2. The summed E-state index contributed by atoms with van der Waals surface area (Å²) in [6.07, 6.45) is 7.65. The fraction of sp³-hybridized carbons (Fsp3) is 0.917. The van der Waals surface area contributed by atoms with Gasteiger partial charge in [0.05, 0.1) is 0 Å². The molecule has 3 heteroatoms. The van der Waals surface area contributed by atoms with Gasteiger partial charge in [-0.25, -0.2) is 0 Å². The van der Waals surface area contributed by atoms with Gasteiger partial charge in [0, 0.05) is 12.5 Å². The number of nitrogens with two attached hydrogens (primary N) is 1. The van der Waals surface area contributed by atoms with Crippen LogP contribution in [-0.2, 0) is 4.79 Å². The third kappa shape index (κ3) is 9.73. The second kappa shape index (κ2) is 9.97.